The third-order valence-electron chi connectivity index (χ3n) is 4.73. The van der Waals surface area contributed by atoms with Crippen LogP contribution in [0.2, 0.25) is 0 Å². The summed E-state index contributed by atoms with van der Waals surface area (Å²) >= 11 is 1.71. The van der Waals surface area contributed by atoms with Crippen LogP contribution in [0.1, 0.15) is 17.2 Å². The maximum absolute atomic E-state index is 12.5. The van der Waals surface area contributed by atoms with Crippen LogP contribution in [-0.2, 0) is 4.79 Å². The molecule has 0 bridgehead atoms. The van der Waals surface area contributed by atoms with Crippen molar-refractivity contribution in [1.82, 2.24) is 10.6 Å². The van der Waals surface area contributed by atoms with Crippen molar-refractivity contribution in [1.29, 1.82) is 0 Å². The van der Waals surface area contributed by atoms with Gasteiger partial charge in [-0.2, -0.15) is 0 Å². The van der Waals surface area contributed by atoms with Gasteiger partial charge < -0.3 is 5.32 Å². The lowest BCUT2D eigenvalue weighted by Crippen LogP contribution is -2.35. The van der Waals surface area contributed by atoms with E-state index in [1.165, 1.54) is 0 Å². The molecular weight excluding hydrogens is 352 g/mol. The minimum atomic E-state index is -0.0168. The number of carbonyl (C=O) groups is 1. The fraction of sp³-hybridized carbons (Fsp3) is 0.174. The molecule has 1 aliphatic carbocycles. The minimum Gasteiger partial charge on any atom is -0.320 e. The summed E-state index contributed by atoms with van der Waals surface area (Å²) in [5.74, 6) is 0.363. The van der Waals surface area contributed by atoms with Crippen molar-refractivity contribution in [2.24, 2.45) is 5.92 Å². The number of nitrogens with one attached hydrogen (secondary N) is 2. The van der Waals surface area contributed by atoms with Crippen molar-refractivity contribution in [3.8, 4) is 0 Å². The maximum Gasteiger partial charge on any atom is 0.238 e. The van der Waals surface area contributed by atoms with E-state index in [2.05, 4.69) is 65.3 Å². The zero-order chi connectivity index (χ0) is 18.5. The molecule has 1 heterocycles. The standard InChI is InChI=1S/C23H22N2OS/c26-21(25-22-15-19-13-7-8-14-20(19)27-22)16-24-23(17-9-3-1-4-10-17)18-11-5-2-6-12-18/h1-15,19-20,23-24H,16H2,(H,25,26). The molecule has 0 saturated carbocycles. The molecule has 136 valence electrons. The van der Waals surface area contributed by atoms with Gasteiger partial charge in [-0.1, -0.05) is 85.0 Å². The Hall–Kier alpha value is -2.56. The van der Waals surface area contributed by atoms with E-state index in [0.29, 0.717) is 11.2 Å². The highest BCUT2D eigenvalue weighted by Crippen LogP contribution is 2.38. The first-order chi connectivity index (χ1) is 13.3. The molecule has 2 atom stereocenters. The summed E-state index contributed by atoms with van der Waals surface area (Å²) in [5.41, 5.74) is 2.29. The van der Waals surface area contributed by atoms with Gasteiger partial charge in [-0.15, -0.1) is 11.8 Å². The Kier molecular flexibility index (Phi) is 5.56. The van der Waals surface area contributed by atoms with E-state index < -0.39 is 0 Å². The van der Waals surface area contributed by atoms with Gasteiger partial charge in [0.15, 0.2) is 0 Å². The molecule has 0 aromatic heterocycles. The van der Waals surface area contributed by atoms with Crippen molar-refractivity contribution in [3.05, 3.63) is 107 Å². The van der Waals surface area contributed by atoms with Crippen molar-refractivity contribution >= 4 is 17.7 Å². The van der Waals surface area contributed by atoms with Crippen LogP contribution in [0.3, 0.4) is 0 Å². The summed E-state index contributed by atoms with van der Waals surface area (Å²) in [5, 5.41) is 7.81. The van der Waals surface area contributed by atoms with Crippen LogP contribution in [0.25, 0.3) is 0 Å². The lowest BCUT2D eigenvalue weighted by molar-refractivity contribution is -0.119. The lowest BCUT2D eigenvalue weighted by Gasteiger charge is -2.20. The van der Waals surface area contributed by atoms with Gasteiger partial charge in [0.1, 0.15) is 0 Å². The summed E-state index contributed by atoms with van der Waals surface area (Å²) in [6.45, 7) is 0.257. The molecule has 2 aliphatic rings. The van der Waals surface area contributed by atoms with E-state index in [0.717, 1.165) is 16.2 Å². The molecule has 1 aliphatic heterocycles. The second-order valence-corrected chi connectivity index (χ2v) is 7.86. The van der Waals surface area contributed by atoms with Gasteiger partial charge in [-0.25, -0.2) is 0 Å². The molecule has 0 saturated heterocycles. The molecule has 1 amide bonds. The fourth-order valence-corrected chi connectivity index (χ4v) is 4.60. The summed E-state index contributed by atoms with van der Waals surface area (Å²) in [6, 6.07) is 20.4. The highest BCUT2D eigenvalue weighted by atomic mass is 32.2. The highest BCUT2D eigenvalue weighted by molar-refractivity contribution is 8.04. The molecule has 0 radical (unpaired) electrons. The molecule has 2 aromatic carbocycles. The number of hydrogen-bond donors (Lipinski definition) is 2. The molecule has 0 spiro atoms. The van der Waals surface area contributed by atoms with Gasteiger partial charge in [-0.05, 0) is 17.2 Å². The Labute approximate surface area is 164 Å². The summed E-state index contributed by atoms with van der Waals surface area (Å²) in [4.78, 5) is 12.5. The fourth-order valence-electron chi connectivity index (χ4n) is 3.40. The Balaban J connectivity index is 1.40. The highest BCUT2D eigenvalue weighted by Gasteiger charge is 2.26. The van der Waals surface area contributed by atoms with E-state index in [-0.39, 0.29) is 18.5 Å². The molecule has 4 rings (SSSR count). The number of allylic oxidation sites excluding steroid dienone is 4. The van der Waals surface area contributed by atoms with Gasteiger partial charge in [0, 0.05) is 11.2 Å². The molecule has 0 fully saturated rings. The number of hydrogen-bond acceptors (Lipinski definition) is 3. The van der Waals surface area contributed by atoms with E-state index in [4.69, 9.17) is 0 Å². The number of amides is 1. The molecule has 2 N–H and O–H groups in total. The average molecular weight is 375 g/mol. The molecule has 4 heteroatoms. The minimum absolute atomic E-state index is 0.0165. The lowest BCUT2D eigenvalue weighted by atomic mass is 9.99. The number of carbonyl (C=O) groups excluding carboxylic acids is 1. The van der Waals surface area contributed by atoms with E-state index >= 15 is 0 Å². The Morgan fingerprint density at radius 3 is 2.19 bits per heavy atom. The van der Waals surface area contributed by atoms with Crippen LogP contribution in [-0.4, -0.2) is 17.7 Å². The van der Waals surface area contributed by atoms with Gasteiger partial charge in [0.25, 0.3) is 0 Å². The molecule has 2 unspecified atom stereocenters. The van der Waals surface area contributed by atoms with Crippen molar-refractivity contribution < 1.29 is 4.79 Å². The van der Waals surface area contributed by atoms with Gasteiger partial charge >= 0.3 is 0 Å². The first-order valence-corrected chi connectivity index (χ1v) is 10.0. The Morgan fingerprint density at radius 2 is 1.56 bits per heavy atom. The smallest absolute Gasteiger partial charge is 0.238 e. The van der Waals surface area contributed by atoms with Crippen LogP contribution in [0.5, 0.6) is 0 Å². The largest absolute Gasteiger partial charge is 0.320 e. The normalized spacial score (nSPS) is 20.4. The Morgan fingerprint density at radius 1 is 0.926 bits per heavy atom. The second kappa shape index (κ2) is 8.42. The van der Waals surface area contributed by atoms with Crippen LogP contribution >= 0.6 is 11.8 Å². The zero-order valence-electron chi connectivity index (χ0n) is 14.9. The maximum atomic E-state index is 12.5. The summed E-state index contributed by atoms with van der Waals surface area (Å²) in [6.07, 6.45) is 10.6. The first kappa shape index (κ1) is 17.8. The predicted molar refractivity (Wildman–Crippen MR) is 112 cm³/mol. The third kappa shape index (κ3) is 4.41. The van der Waals surface area contributed by atoms with E-state index in [1.807, 2.05) is 36.4 Å². The predicted octanol–water partition coefficient (Wildman–Crippen LogP) is 4.18. The number of thioether (sulfide) groups is 1. The van der Waals surface area contributed by atoms with Crippen molar-refractivity contribution in [2.45, 2.75) is 11.3 Å². The molecule has 3 nitrogen and oxygen atoms in total. The molecular formula is C23H22N2OS. The summed E-state index contributed by atoms with van der Waals surface area (Å²) < 4.78 is 0. The van der Waals surface area contributed by atoms with Crippen molar-refractivity contribution in [3.63, 3.8) is 0 Å². The topological polar surface area (TPSA) is 41.1 Å². The first-order valence-electron chi connectivity index (χ1n) is 9.16. The van der Waals surface area contributed by atoms with Gasteiger partial charge in [0.2, 0.25) is 5.91 Å². The molecule has 2 aromatic rings. The van der Waals surface area contributed by atoms with Crippen LogP contribution in [0.15, 0.2) is 96.1 Å². The van der Waals surface area contributed by atoms with E-state index in [9.17, 15) is 4.79 Å². The quantitative estimate of drug-likeness (QED) is 0.797. The van der Waals surface area contributed by atoms with E-state index in [1.54, 1.807) is 11.8 Å². The second-order valence-electron chi connectivity index (χ2n) is 6.64. The number of benzene rings is 2. The van der Waals surface area contributed by atoms with Crippen molar-refractivity contribution in [2.75, 3.05) is 6.54 Å². The third-order valence-corrected chi connectivity index (χ3v) is 5.96. The van der Waals surface area contributed by atoms with Crippen LogP contribution < -0.4 is 10.6 Å². The monoisotopic (exact) mass is 374 g/mol. The van der Waals surface area contributed by atoms with Gasteiger partial charge in [-0.3, -0.25) is 10.1 Å². The number of fused-ring (bicyclic) bond motifs is 1. The zero-order valence-corrected chi connectivity index (χ0v) is 15.7. The summed E-state index contributed by atoms with van der Waals surface area (Å²) in [7, 11) is 0. The van der Waals surface area contributed by atoms with Crippen LogP contribution in [0.4, 0.5) is 0 Å². The Bertz CT molecular complexity index is 834. The SMILES string of the molecule is O=C(CNC(c1ccccc1)c1ccccc1)NC1=CC2C=CC=CC2S1. The number of rotatable bonds is 6. The van der Waals surface area contributed by atoms with Gasteiger partial charge in [0.05, 0.1) is 17.6 Å². The van der Waals surface area contributed by atoms with Crippen LogP contribution in [0, 0.1) is 5.92 Å². The average Bonchev–Trinajstić information content (AvgIpc) is 3.12. The molecule has 27 heavy (non-hydrogen) atoms.